The van der Waals surface area contributed by atoms with Gasteiger partial charge in [-0.15, -0.1) is 5.46 Å². The Morgan fingerprint density at radius 2 is 1.42 bits per heavy atom. The van der Waals surface area contributed by atoms with Crippen molar-refractivity contribution in [3.63, 3.8) is 0 Å². The summed E-state index contributed by atoms with van der Waals surface area (Å²) in [6, 6.07) is 5.27. The molecule has 0 aromatic heterocycles. The molecule has 1 N–H and O–H groups in total. The van der Waals surface area contributed by atoms with Crippen LogP contribution in [-0.2, 0) is 0 Å². The Kier molecular flexibility index (Phi) is 9.56. The van der Waals surface area contributed by atoms with Gasteiger partial charge in [-0.1, -0.05) is 19.3 Å². The Balaban J connectivity index is 0. The zero-order valence-electron chi connectivity index (χ0n) is 7.15. The molecular weight excluding hydrogens is 177 g/mol. The molecule has 0 aliphatic carbocycles. The maximum absolute atomic E-state index is 10.2. The molecule has 0 heterocycles. The van der Waals surface area contributed by atoms with Crippen LogP contribution in [0.3, 0.4) is 0 Å². The number of hydrogen-bond donors (Lipinski definition) is 1. The van der Waals surface area contributed by atoms with Gasteiger partial charge < -0.3 is 15.2 Å². The van der Waals surface area contributed by atoms with Gasteiger partial charge >= 0.3 is 59.1 Å². The van der Waals surface area contributed by atoms with Crippen molar-refractivity contribution < 1.29 is 74.3 Å². The molecule has 0 amide bonds. The first-order chi connectivity index (χ1) is 4.70. The van der Waals surface area contributed by atoms with Crippen LogP contribution in [0.2, 0.25) is 0 Å². The van der Waals surface area contributed by atoms with Crippen LogP contribution in [0.4, 0.5) is 0 Å². The van der Waals surface area contributed by atoms with Gasteiger partial charge in [-0.05, 0) is 12.1 Å². The normalized spacial score (nSPS) is 7.83. The predicted octanol–water partition coefficient (Wildman–Crippen LogP) is -8.18. The van der Waals surface area contributed by atoms with E-state index in [0.717, 1.165) is 0 Å². The first-order valence-electron chi connectivity index (χ1n) is 2.81. The Hall–Kier alpha value is 1.00. The predicted molar refractivity (Wildman–Crippen MR) is 33.5 cm³/mol. The molecule has 0 bridgehead atoms. The number of phenols is 1. The summed E-state index contributed by atoms with van der Waals surface area (Å²) in [7, 11) is -1.96. The van der Waals surface area contributed by atoms with Crippen molar-refractivity contribution in [2.45, 2.75) is 0 Å². The zero-order valence-corrected chi connectivity index (χ0v) is 11.2. The summed E-state index contributed by atoms with van der Waals surface area (Å²) in [4.78, 5) is 0. The van der Waals surface area contributed by atoms with Crippen molar-refractivity contribution in [3.8, 4) is 5.75 Å². The Morgan fingerprint density at radius 3 is 1.75 bits per heavy atom. The molecular formula is C6H5BNa2O3. The van der Waals surface area contributed by atoms with E-state index in [4.69, 9.17) is 5.11 Å². The summed E-state index contributed by atoms with van der Waals surface area (Å²) in [6.07, 6.45) is 0. The molecule has 0 spiro atoms. The van der Waals surface area contributed by atoms with Gasteiger partial charge in [-0.2, -0.15) is 0 Å². The molecule has 1 aromatic rings. The van der Waals surface area contributed by atoms with Gasteiger partial charge in [0.25, 0.3) is 0 Å². The molecule has 0 saturated carbocycles. The molecule has 3 nitrogen and oxygen atoms in total. The second kappa shape index (κ2) is 7.41. The van der Waals surface area contributed by atoms with E-state index in [-0.39, 0.29) is 70.3 Å². The van der Waals surface area contributed by atoms with Crippen molar-refractivity contribution in [1.29, 1.82) is 0 Å². The second-order valence-corrected chi connectivity index (χ2v) is 1.92. The summed E-state index contributed by atoms with van der Waals surface area (Å²) in [6.45, 7) is 0. The van der Waals surface area contributed by atoms with Crippen LogP contribution in [0.5, 0.6) is 5.75 Å². The third-order valence-electron chi connectivity index (χ3n) is 1.17. The number of benzene rings is 1. The van der Waals surface area contributed by atoms with Gasteiger partial charge in [0, 0.05) is 0 Å². The third-order valence-corrected chi connectivity index (χ3v) is 1.17. The fraction of sp³-hybridized carbons (Fsp3) is 0. The molecule has 1 rings (SSSR count). The molecule has 0 unspecified atom stereocenters. The minimum atomic E-state index is -1.96. The third kappa shape index (κ3) is 4.89. The molecule has 6 heteroatoms. The van der Waals surface area contributed by atoms with Crippen molar-refractivity contribution >= 4 is 12.6 Å². The summed E-state index contributed by atoms with van der Waals surface area (Å²) in [5.41, 5.74) is 0.151. The topological polar surface area (TPSA) is 66.3 Å². The first-order valence-corrected chi connectivity index (χ1v) is 2.81. The summed E-state index contributed by atoms with van der Waals surface area (Å²) < 4.78 is 0. The van der Waals surface area contributed by atoms with Gasteiger partial charge in [0.2, 0.25) is 0 Å². The average molecular weight is 182 g/mol. The van der Waals surface area contributed by atoms with Gasteiger partial charge in [0.1, 0.15) is 5.75 Å². The van der Waals surface area contributed by atoms with Crippen molar-refractivity contribution in [1.82, 2.24) is 0 Å². The largest absolute Gasteiger partial charge is 1.00 e. The molecule has 0 aliphatic heterocycles. The second-order valence-electron chi connectivity index (χ2n) is 1.92. The van der Waals surface area contributed by atoms with Gasteiger partial charge in [-0.3, -0.25) is 0 Å². The monoisotopic (exact) mass is 182 g/mol. The van der Waals surface area contributed by atoms with Gasteiger partial charge in [-0.25, -0.2) is 0 Å². The van der Waals surface area contributed by atoms with Crippen LogP contribution in [0.15, 0.2) is 24.3 Å². The van der Waals surface area contributed by atoms with Gasteiger partial charge in [0.05, 0.1) is 0 Å². The fourth-order valence-corrected chi connectivity index (χ4v) is 0.631. The minimum absolute atomic E-state index is 0. The Labute approximate surface area is 116 Å². The minimum Gasteiger partial charge on any atom is -0.889 e. The van der Waals surface area contributed by atoms with Crippen LogP contribution in [0.1, 0.15) is 0 Å². The van der Waals surface area contributed by atoms with Crippen molar-refractivity contribution in [2.75, 3.05) is 0 Å². The molecule has 12 heavy (non-hydrogen) atoms. The quantitative estimate of drug-likeness (QED) is 0.438. The van der Waals surface area contributed by atoms with E-state index in [1.807, 2.05) is 0 Å². The van der Waals surface area contributed by atoms with E-state index in [1.54, 1.807) is 0 Å². The van der Waals surface area contributed by atoms with E-state index in [0.29, 0.717) is 0 Å². The molecule has 0 atom stereocenters. The maximum atomic E-state index is 10.2. The van der Waals surface area contributed by atoms with Gasteiger partial charge in [0.15, 0.2) is 0 Å². The zero-order chi connectivity index (χ0) is 7.56. The molecule has 0 radical (unpaired) electrons. The molecule has 0 saturated heterocycles. The van der Waals surface area contributed by atoms with Crippen LogP contribution in [-0.4, -0.2) is 12.2 Å². The number of rotatable bonds is 1. The summed E-state index contributed by atoms with van der Waals surface area (Å²) in [5, 5.41) is 29.1. The van der Waals surface area contributed by atoms with Crippen molar-refractivity contribution in [2.24, 2.45) is 0 Å². The molecule has 52 valence electrons. The van der Waals surface area contributed by atoms with E-state index in [1.165, 1.54) is 24.3 Å². The van der Waals surface area contributed by atoms with E-state index >= 15 is 0 Å². The molecule has 1 aromatic carbocycles. The van der Waals surface area contributed by atoms with Crippen LogP contribution in [0.25, 0.3) is 0 Å². The first kappa shape index (κ1) is 15.5. The van der Waals surface area contributed by atoms with Crippen LogP contribution >= 0.6 is 0 Å². The Bertz CT molecular complexity index is 215. The smallest absolute Gasteiger partial charge is 0.889 e. The average Bonchev–Trinajstić information content (AvgIpc) is 1.88. The van der Waals surface area contributed by atoms with E-state index in [9.17, 15) is 10.0 Å². The number of aromatic hydroxyl groups is 1. The number of phenolic OH excluding ortho intramolecular Hbond substituents is 1. The standard InChI is InChI=1S/C6H5BO3.2Na/c8-6-3-1-5(2-4-6)7(9)10;;/h1-4,8H;;/q-2;2*+1. The summed E-state index contributed by atoms with van der Waals surface area (Å²) in [5.74, 6) is 0.0596. The SMILES string of the molecule is [Na+].[Na+].[O-]B([O-])c1ccc(O)cc1. The van der Waals surface area contributed by atoms with E-state index in [2.05, 4.69) is 0 Å². The van der Waals surface area contributed by atoms with E-state index < -0.39 is 7.12 Å². The maximum Gasteiger partial charge on any atom is 1.00 e. The fourth-order valence-electron chi connectivity index (χ4n) is 0.631. The van der Waals surface area contributed by atoms with Crippen LogP contribution in [0, 0.1) is 0 Å². The van der Waals surface area contributed by atoms with Crippen molar-refractivity contribution in [3.05, 3.63) is 24.3 Å². The molecule has 0 fully saturated rings. The molecule has 0 aliphatic rings. The number of hydrogen-bond acceptors (Lipinski definition) is 3. The summed E-state index contributed by atoms with van der Waals surface area (Å²) >= 11 is 0. The van der Waals surface area contributed by atoms with Crippen LogP contribution < -0.4 is 74.6 Å². The Morgan fingerprint density at radius 1 is 1.00 bits per heavy atom.